The van der Waals surface area contributed by atoms with Crippen LogP contribution in [0, 0.1) is 0 Å². The van der Waals surface area contributed by atoms with E-state index in [0.29, 0.717) is 5.56 Å². The van der Waals surface area contributed by atoms with Crippen LogP contribution in [-0.4, -0.2) is 15.8 Å². The molecule has 0 radical (unpaired) electrons. The van der Waals surface area contributed by atoms with Crippen molar-refractivity contribution in [2.24, 2.45) is 0 Å². The van der Waals surface area contributed by atoms with Crippen LogP contribution in [0.15, 0.2) is 42.0 Å². The van der Waals surface area contributed by atoms with E-state index in [1.54, 1.807) is 17.5 Å². The first-order valence-corrected chi connectivity index (χ1v) is 6.68. The van der Waals surface area contributed by atoms with Gasteiger partial charge in [0.1, 0.15) is 5.65 Å². The molecule has 4 heteroatoms. The number of hydrogen-bond donors (Lipinski definition) is 0. The molecule has 0 aliphatic rings. The number of carbonyl (C=O) groups excluding carboxylic acids is 1. The number of nitrogens with zero attached hydrogens (tertiary/aromatic N) is 2. The van der Waals surface area contributed by atoms with Crippen molar-refractivity contribution in [3.05, 3.63) is 52.5 Å². The quantitative estimate of drug-likeness (QED) is 0.672. The van der Waals surface area contributed by atoms with Crippen LogP contribution in [-0.2, 0) is 13.0 Å². The molecule has 90 valence electrons. The van der Waals surface area contributed by atoms with Crippen molar-refractivity contribution in [3.8, 4) is 0 Å². The first-order chi connectivity index (χ1) is 8.88. The highest BCUT2D eigenvalue weighted by molar-refractivity contribution is 7.09. The lowest BCUT2D eigenvalue weighted by Crippen LogP contribution is -1.99. The summed E-state index contributed by atoms with van der Waals surface area (Å²) >= 11 is 1.76. The summed E-state index contributed by atoms with van der Waals surface area (Å²) < 4.78 is 2.05. The Morgan fingerprint density at radius 3 is 3.06 bits per heavy atom. The third-order valence-electron chi connectivity index (χ3n) is 2.97. The number of fused-ring (bicyclic) bond motifs is 1. The molecule has 0 unspecified atom stereocenters. The van der Waals surface area contributed by atoms with Gasteiger partial charge in [0.15, 0.2) is 6.29 Å². The van der Waals surface area contributed by atoms with E-state index in [4.69, 9.17) is 0 Å². The molecule has 0 spiro atoms. The van der Waals surface area contributed by atoms with Crippen LogP contribution in [0.4, 0.5) is 0 Å². The minimum Gasteiger partial charge on any atom is -0.331 e. The van der Waals surface area contributed by atoms with E-state index >= 15 is 0 Å². The van der Waals surface area contributed by atoms with Gasteiger partial charge in [-0.05, 0) is 30.0 Å². The smallest absolute Gasteiger partial charge is 0.152 e. The van der Waals surface area contributed by atoms with Crippen LogP contribution in [0.5, 0.6) is 0 Å². The SMILES string of the molecule is O=Cc1cn(CCc2cccs2)c2ncccc12. The Bertz CT molecular complexity index is 670. The Morgan fingerprint density at radius 2 is 2.28 bits per heavy atom. The topological polar surface area (TPSA) is 34.9 Å². The fourth-order valence-corrected chi connectivity index (χ4v) is 2.80. The molecule has 3 aromatic heterocycles. The lowest BCUT2D eigenvalue weighted by molar-refractivity contribution is 0.112. The van der Waals surface area contributed by atoms with Gasteiger partial charge in [0.2, 0.25) is 0 Å². The zero-order valence-electron chi connectivity index (χ0n) is 9.74. The van der Waals surface area contributed by atoms with Crippen LogP contribution in [0.2, 0.25) is 0 Å². The molecular weight excluding hydrogens is 244 g/mol. The monoisotopic (exact) mass is 256 g/mol. The average Bonchev–Trinajstić information content (AvgIpc) is 3.04. The molecule has 0 atom stereocenters. The standard InChI is InChI=1S/C14H12N2OS/c17-10-11-9-16(7-5-12-3-2-8-18-12)14-13(11)4-1-6-15-14/h1-4,6,8-10H,5,7H2. The van der Waals surface area contributed by atoms with Crippen molar-refractivity contribution < 1.29 is 4.79 Å². The van der Waals surface area contributed by atoms with E-state index in [1.807, 2.05) is 18.3 Å². The highest BCUT2D eigenvalue weighted by atomic mass is 32.1. The molecule has 3 aromatic rings. The first kappa shape index (κ1) is 11.2. The number of thiophene rings is 1. The zero-order chi connectivity index (χ0) is 12.4. The number of rotatable bonds is 4. The van der Waals surface area contributed by atoms with Gasteiger partial charge in [0.05, 0.1) is 0 Å². The van der Waals surface area contributed by atoms with Crippen LogP contribution in [0.1, 0.15) is 15.2 Å². The van der Waals surface area contributed by atoms with Crippen molar-refractivity contribution in [3.63, 3.8) is 0 Å². The van der Waals surface area contributed by atoms with E-state index in [1.165, 1.54) is 4.88 Å². The van der Waals surface area contributed by atoms with E-state index < -0.39 is 0 Å². The minimum atomic E-state index is 0.712. The molecule has 0 aromatic carbocycles. The highest BCUT2D eigenvalue weighted by Gasteiger charge is 2.08. The van der Waals surface area contributed by atoms with Gasteiger partial charge in [0.25, 0.3) is 0 Å². The van der Waals surface area contributed by atoms with Gasteiger partial charge in [-0.3, -0.25) is 4.79 Å². The maximum Gasteiger partial charge on any atom is 0.152 e. The number of aldehydes is 1. The number of pyridine rings is 1. The molecule has 3 nitrogen and oxygen atoms in total. The summed E-state index contributed by atoms with van der Waals surface area (Å²) in [6.07, 6.45) is 5.51. The van der Waals surface area contributed by atoms with E-state index in [9.17, 15) is 4.79 Å². The molecule has 0 fully saturated rings. The fourth-order valence-electron chi connectivity index (χ4n) is 2.10. The normalized spacial score (nSPS) is 10.9. The summed E-state index contributed by atoms with van der Waals surface area (Å²) in [4.78, 5) is 16.7. The highest BCUT2D eigenvalue weighted by Crippen LogP contribution is 2.19. The molecule has 3 rings (SSSR count). The largest absolute Gasteiger partial charge is 0.331 e. The van der Waals surface area contributed by atoms with Gasteiger partial charge in [-0.25, -0.2) is 4.98 Å². The summed E-state index contributed by atoms with van der Waals surface area (Å²) in [7, 11) is 0. The Labute approximate surface area is 109 Å². The van der Waals surface area contributed by atoms with Gasteiger partial charge in [0, 0.05) is 34.8 Å². The molecule has 3 heterocycles. The number of hydrogen-bond acceptors (Lipinski definition) is 3. The molecule has 0 amide bonds. The van der Waals surface area contributed by atoms with Crippen molar-refractivity contribution in [2.45, 2.75) is 13.0 Å². The maximum atomic E-state index is 11.0. The van der Waals surface area contributed by atoms with Crippen LogP contribution < -0.4 is 0 Å². The van der Waals surface area contributed by atoms with Gasteiger partial charge in [-0.15, -0.1) is 11.3 Å². The third-order valence-corrected chi connectivity index (χ3v) is 3.91. The molecule has 0 saturated heterocycles. The summed E-state index contributed by atoms with van der Waals surface area (Å²) in [5.41, 5.74) is 1.60. The first-order valence-electron chi connectivity index (χ1n) is 5.80. The Hall–Kier alpha value is -1.94. The van der Waals surface area contributed by atoms with Crippen molar-refractivity contribution in [1.29, 1.82) is 0 Å². The second-order valence-electron chi connectivity index (χ2n) is 4.10. The molecule has 0 saturated carbocycles. The lowest BCUT2D eigenvalue weighted by Gasteiger charge is -2.02. The summed E-state index contributed by atoms with van der Waals surface area (Å²) in [5.74, 6) is 0. The van der Waals surface area contributed by atoms with E-state index in [0.717, 1.165) is 30.3 Å². The predicted octanol–water partition coefficient (Wildman–Crippen LogP) is 3.15. The molecule has 0 bridgehead atoms. The zero-order valence-corrected chi connectivity index (χ0v) is 10.6. The number of aryl methyl sites for hydroxylation is 2. The van der Waals surface area contributed by atoms with Crippen LogP contribution in [0.3, 0.4) is 0 Å². The lowest BCUT2D eigenvalue weighted by atomic mass is 10.2. The Morgan fingerprint density at radius 1 is 1.33 bits per heavy atom. The van der Waals surface area contributed by atoms with Gasteiger partial charge in [-0.2, -0.15) is 0 Å². The molecule has 0 aliphatic carbocycles. The van der Waals surface area contributed by atoms with Gasteiger partial charge >= 0.3 is 0 Å². The summed E-state index contributed by atoms with van der Waals surface area (Å²) in [6.45, 7) is 0.849. The maximum absolute atomic E-state index is 11.0. The van der Waals surface area contributed by atoms with Crippen molar-refractivity contribution >= 4 is 28.7 Å². The average molecular weight is 256 g/mol. The third kappa shape index (κ3) is 1.95. The Balaban J connectivity index is 1.94. The van der Waals surface area contributed by atoms with Crippen LogP contribution >= 0.6 is 11.3 Å². The molecular formula is C14H12N2OS. The van der Waals surface area contributed by atoms with E-state index in [2.05, 4.69) is 27.1 Å². The Kier molecular flexibility index (Phi) is 2.94. The van der Waals surface area contributed by atoms with E-state index in [-0.39, 0.29) is 0 Å². The number of carbonyl (C=O) groups is 1. The second-order valence-corrected chi connectivity index (χ2v) is 5.13. The molecule has 0 aliphatic heterocycles. The molecule has 18 heavy (non-hydrogen) atoms. The van der Waals surface area contributed by atoms with Gasteiger partial charge < -0.3 is 4.57 Å². The molecule has 0 N–H and O–H groups in total. The van der Waals surface area contributed by atoms with Gasteiger partial charge in [-0.1, -0.05) is 6.07 Å². The minimum absolute atomic E-state index is 0.712. The van der Waals surface area contributed by atoms with Crippen LogP contribution in [0.25, 0.3) is 11.0 Å². The fraction of sp³-hybridized carbons (Fsp3) is 0.143. The summed E-state index contributed by atoms with van der Waals surface area (Å²) in [5, 5.41) is 3.01. The second kappa shape index (κ2) is 4.74. The number of aromatic nitrogens is 2. The predicted molar refractivity (Wildman–Crippen MR) is 73.1 cm³/mol. The van der Waals surface area contributed by atoms with Crippen molar-refractivity contribution in [1.82, 2.24) is 9.55 Å². The summed E-state index contributed by atoms with van der Waals surface area (Å²) in [6, 6.07) is 7.99. The van der Waals surface area contributed by atoms with Crippen molar-refractivity contribution in [2.75, 3.05) is 0 Å².